The molecule has 0 atom stereocenters. The lowest BCUT2D eigenvalue weighted by molar-refractivity contribution is 0.533. The van der Waals surface area contributed by atoms with Gasteiger partial charge in [-0.25, -0.2) is 0 Å². The predicted octanol–water partition coefficient (Wildman–Crippen LogP) is 2.91. The monoisotopic (exact) mass is 261 g/mol. The van der Waals surface area contributed by atoms with E-state index in [0.717, 1.165) is 18.9 Å². The molecule has 0 unspecified atom stereocenters. The first kappa shape index (κ1) is 13.6. The summed E-state index contributed by atoms with van der Waals surface area (Å²) in [4.78, 5) is 0. The van der Waals surface area contributed by atoms with E-state index < -0.39 is 0 Å². The standard InChI is InChI=1S/C14H23N5/c1-6-18-13(11(4)7-16-18)8-15-14-12(5)9-19(17-14)10(2)3/h7,9-10H,6,8H2,1-5H3,(H,15,17). The van der Waals surface area contributed by atoms with Gasteiger partial charge in [-0.1, -0.05) is 0 Å². The van der Waals surface area contributed by atoms with Crippen LogP contribution in [0.15, 0.2) is 12.4 Å². The summed E-state index contributed by atoms with van der Waals surface area (Å²) in [5, 5.41) is 12.3. The van der Waals surface area contributed by atoms with Gasteiger partial charge in [-0.15, -0.1) is 0 Å². The number of aromatic nitrogens is 4. The van der Waals surface area contributed by atoms with Crippen LogP contribution < -0.4 is 5.32 Å². The molecule has 0 fully saturated rings. The van der Waals surface area contributed by atoms with Crippen LogP contribution in [0.3, 0.4) is 0 Å². The van der Waals surface area contributed by atoms with Crippen LogP contribution >= 0.6 is 0 Å². The second kappa shape index (κ2) is 5.47. The Hall–Kier alpha value is -1.78. The van der Waals surface area contributed by atoms with E-state index in [1.165, 1.54) is 16.8 Å². The van der Waals surface area contributed by atoms with Gasteiger partial charge in [-0.05, 0) is 40.2 Å². The molecule has 104 valence electrons. The van der Waals surface area contributed by atoms with Crippen LogP contribution in [0.2, 0.25) is 0 Å². The lowest BCUT2D eigenvalue weighted by Gasteiger charge is -2.08. The minimum atomic E-state index is 0.386. The molecule has 0 amide bonds. The predicted molar refractivity (Wildman–Crippen MR) is 77.3 cm³/mol. The summed E-state index contributed by atoms with van der Waals surface area (Å²) in [5.41, 5.74) is 3.62. The van der Waals surface area contributed by atoms with Gasteiger partial charge in [0.15, 0.2) is 5.82 Å². The highest BCUT2D eigenvalue weighted by Gasteiger charge is 2.10. The van der Waals surface area contributed by atoms with Crippen LogP contribution in [0.25, 0.3) is 0 Å². The van der Waals surface area contributed by atoms with Crippen molar-refractivity contribution in [3.05, 3.63) is 29.2 Å². The lowest BCUT2D eigenvalue weighted by Crippen LogP contribution is -2.10. The number of hydrogen-bond donors (Lipinski definition) is 1. The number of rotatable bonds is 5. The fourth-order valence-corrected chi connectivity index (χ4v) is 2.10. The maximum atomic E-state index is 4.57. The van der Waals surface area contributed by atoms with Gasteiger partial charge in [-0.3, -0.25) is 9.36 Å². The molecule has 19 heavy (non-hydrogen) atoms. The third-order valence-electron chi connectivity index (χ3n) is 3.32. The summed E-state index contributed by atoms with van der Waals surface area (Å²) >= 11 is 0. The van der Waals surface area contributed by atoms with Crippen LogP contribution in [-0.2, 0) is 13.1 Å². The second-order valence-corrected chi connectivity index (χ2v) is 5.18. The molecule has 5 heteroatoms. The number of nitrogens with zero attached hydrogens (tertiary/aromatic N) is 4. The fraction of sp³-hybridized carbons (Fsp3) is 0.571. The van der Waals surface area contributed by atoms with Crippen LogP contribution in [0.5, 0.6) is 0 Å². The van der Waals surface area contributed by atoms with E-state index in [9.17, 15) is 0 Å². The summed E-state index contributed by atoms with van der Waals surface area (Å²) in [6.45, 7) is 12.2. The summed E-state index contributed by atoms with van der Waals surface area (Å²) < 4.78 is 4.01. The van der Waals surface area contributed by atoms with Crippen LogP contribution in [-0.4, -0.2) is 19.6 Å². The molecule has 0 aliphatic heterocycles. The SMILES string of the molecule is CCn1ncc(C)c1CNc1nn(C(C)C)cc1C. The fourth-order valence-electron chi connectivity index (χ4n) is 2.10. The maximum absolute atomic E-state index is 4.57. The average molecular weight is 261 g/mol. The zero-order chi connectivity index (χ0) is 14.0. The second-order valence-electron chi connectivity index (χ2n) is 5.18. The summed E-state index contributed by atoms with van der Waals surface area (Å²) in [6, 6.07) is 0.386. The maximum Gasteiger partial charge on any atom is 0.151 e. The Balaban J connectivity index is 2.12. The molecule has 0 radical (unpaired) electrons. The molecule has 0 bridgehead atoms. The van der Waals surface area contributed by atoms with Gasteiger partial charge >= 0.3 is 0 Å². The molecule has 2 rings (SSSR count). The van der Waals surface area contributed by atoms with Crippen molar-refractivity contribution >= 4 is 5.82 Å². The van der Waals surface area contributed by atoms with E-state index in [2.05, 4.69) is 56.3 Å². The average Bonchev–Trinajstić information content (AvgIpc) is 2.90. The number of nitrogens with one attached hydrogen (secondary N) is 1. The van der Waals surface area contributed by atoms with Crippen molar-refractivity contribution in [2.45, 2.75) is 53.8 Å². The molecule has 0 spiro atoms. The Morgan fingerprint density at radius 3 is 2.58 bits per heavy atom. The van der Waals surface area contributed by atoms with Crippen molar-refractivity contribution in [2.24, 2.45) is 0 Å². The van der Waals surface area contributed by atoms with Gasteiger partial charge in [0.05, 0.1) is 18.4 Å². The highest BCUT2D eigenvalue weighted by Crippen LogP contribution is 2.17. The van der Waals surface area contributed by atoms with E-state index in [0.29, 0.717) is 6.04 Å². The van der Waals surface area contributed by atoms with E-state index in [1.807, 2.05) is 15.6 Å². The van der Waals surface area contributed by atoms with Gasteiger partial charge in [0.1, 0.15) is 0 Å². The van der Waals surface area contributed by atoms with E-state index in [4.69, 9.17) is 0 Å². The van der Waals surface area contributed by atoms with Crippen molar-refractivity contribution in [3.8, 4) is 0 Å². The number of hydrogen-bond acceptors (Lipinski definition) is 3. The van der Waals surface area contributed by atoms with Crippen molar-refractivity contribution in [2.75, 3.05) is 5.32 Å². The minimum Gasteiger partial charge on any atom is -0.363 e. The van der Waals surface area contributed by atoms with E-state index in [-0.39, 0.29) is 0 Å². The molecule has 2 heterocycles. The topological polar surface area (TPSA) is 47.7 Å². The number of aryl methyl sites for hydroxylation is 3. The third-order valence-corrected chi connectivity index (χ3v) is 3.32. The highest BCUT2D eigenvalue weighted by molar-refractivity contribution is 5.42. The first-order chi connectivity index (χ1) is 9.02. The summed E-state index contributed by atoms with van der Waals surface area (Å²) in [7, 11) is 0. The highest BCUT2D eigenvalue weighted by atomic mass is 15.3. The summed E-state index contributed by atoms with van der Waals surface area (Å²) in [5.74, 6) is 0.956. The van der Waals surface area contributed by atoms with Crippen molar-refractivity contribution in [1.82, 2.24) is 19.6 Å². The molecule has 2 aromatic heterocycles. The van der Waals surface area contributed by atoms with Crippen LogP contribution in [0, 0.1) is 13.8 Å². The van der Waals surface area contributed by atoms with E-state index >= 15 is 0 Å². The van der Waals surface area contributed by atoms with Gasteiger partial charge in [0.2, 0.25) is 0 Å². The van der Waals surface area contributed by atoms with E-state index in [1.54, 1.807) is 0 Å². The first-order valence-electron chi connectivity index (χ1n) is 6.83. The molecule has 0 saturated carbocycles. The third kappa shape index (κ3) is 2.80. The lowest BCUT2D eigenvalue weighted by atomic mass is 10.2. The summed E-state index contributed by atoms with van der Waals surface area (Å²) in [6.07, 6.45) is 4.00. The zero-order valence-electron chi connectivity index (χ0n) is 12.4. The molecule has 2 aromatic rings. The normalized spacial score (nSPS) is 11.3. The Morgan fingerprint density at radius 1 is 1.26 bits per heavy atom. The largest absolute Gasteiger partial charge is 0.363 e. The minimum absolute atomic E-state index is 0.386. The van der Waals surface area contributed by atoms with Gasteiger partial charge in [0.25, 0.3) is 0 Å². The van der Waals surface area contributed by atoms with Crippen molar-refractivity contribution in [1.29, 1.82) is 0 Å². The molecular weight excluding hydrogens is 238 g/mol. The molecule has 0 saturated heterocycles. The van der Waals surface area contributed by atoms with Crippen molar-refractivity contribution in [3.63, 3.8) is 0 Å². The number of anilines is 1. The van der Waals surface area contributed by atoms with Gasteiger partial charge in [0, 0.05) is 24.3 Å². The quantitative estimate of drug-likeness (QED) is 0.900. The Labute approximate surface area is 114 Å². The molecule has 1 N–H and O–H groups in total. The molecular formula is C14H23N5. The molecule has 5 nitrogen and oxygen atoms in total. The smallest absolute Gasteiger partial charge is 0.151 e. The molecule has 0 aliphatic carbocycles. The Morgan fingerprint density at radius 2 is 2.00 bits per heavy atom. The Kier molecular flexibility index (Phi) is 3.93. The van der Waals surface area contributed by atoms with Crippen LogP contribution in [0.1, 0.15) is 43.6 Å². The van der Waals surface area contributed by atoms with Gasteiger partial charge in [-0.2, -0.15) is 10.2 Å². The first-order valence-corrected chi connectivity index (χ1v) is 6.83. The van der Waals surface area contributed by atoms with Crippen LogP contribution in [0.4, 0.5) is 5.82 Å². The Bertz CT molecular complexity index is 550. The van der Waals surface area contributed by atoms with Crippen molar-refractivity contribution < 1.29 is 0 Å². The zero-order valence-corrected chi connectivity index (χ0v) is 12.4. The van der Waals surface area contributed by atoms with Gasteiger partial charge < -0.3 is 5.32 Å². The molecule has 0 aliphatic rings. The molecule has 0 aromatic carbocycles.